The second-order valence-electron chi connectivity index (χ2n) is 6.97. The van der Waals surface area contributed by atoms with Crippen LogP contribution in [0.5, 0.6) is 5.75 Å². The number of amides is 3. The van der Waals surface area contributed by atoms with E-state index in [1.54, 1.807) is 30.5 Å². The predicted molar refractivity (Wildman–Crippen MR) is 124 cm³/mol. The van der Waals surface area contributed by atoms with Crippen molar-refractivity contribution < 1.29 is 23.5 Å². The number of nitrogens with zero attached hydrogens (tertiary/aromatic N) is 2. The summed E-state index contributed by atoms with van der Waals surface area (Å²) in [6.45, 7) is -0.175. The fourth-order valence-corrected chi connectivity index (χ4v) is 4.21. The molecular formula is C23H17ClFN3O4S. The first kappa shape index (κ1) is 22.8. The average Bonchev–Trinajstić information content (AvgIpc) is 3.07. The van der Waals surface area contributed by atoms with Crippen molar-refractivity contribution in [1.29, 1.82) is 0 Å². The number of fused-ring (bicyclic) bond motifs is 1. The number of nitrogens with one attached hydrogen (secondary N) is 1. The number of aromatic nitrogens is 1. The van der Waals surface area contributed by atoms with Crippen molar-refractivity contribution in [3.63, 3.8) is 0 Å². The smallest absolute Gasteiger partial charge is 0.293 e. The van der Waals surface area contributed by atoms with E-state index in [-0.39, 0.29) is 30.4 Å². The van der Waals surface area contributed by atoms with Crippen LogP contribution in [-0.2, 0) is 9.59 Å². The lowest BCUT2D eigenvalue weighted by Gasteiger charge is -2.13. The van der Waals surface area contributed by atoms with E-state index in [9.17, 15) is 18.8 Å². The Morgan fingerprint density at radius 3 is 2.76 bits per heavy atom. The van der Waals surface area contributed by atoms with E-state index < -0.39 is 17.1 Å². The van der Waals surface area contributed by atoms with Gasteiger partial charge >= 0.3 is 0 Å². The number of hydrogen-bond donors (Lipinski definition) is 1. The summed E-state index contributed by atoms with van der Waals surface area (Å²) in [5.41, 5.74) is 1.15. The van der Waals surface area contributed by atoms with Crippen LogP contribution in [0.4, 0.5) is 9.18 Å². The molecule has 0 bridgehead atoms. The van der Waals surface area contributed by atoms with Gasteiger partial charge in [-0.05, 0) is 59.8 Å². The zero-order chi connectivity index (χ0) is 23.4. The van der Waals surface area contributed by atoms with Crippen molar-refractivity contribution in [2.45, 2.75) is 0 Å². The summed E-state index contributed by atoms with van der Waals surface area (Å²) >= 11 is 6.95. The molecule has 0 unspecified atom stereocenters. The number of carbonyl (C=O) groups is 3. The topological polar surface area (TPSA) is 88.6 Å². The van der Waals surface area contributed by atoms with E-state index in [1.807, 2.05) is 0 Å². The number of ether oxygens (including phenoxy) is 1. The normalized spacial score (nSPS) is 14.8. The second-order valence-corrected chi connectivity index (χ2v) is 8.37. The molecule has 10 heteroatoms. The first-order valence-corrected chi connectivity index (χ1v) is 11.1. The number of hydrogen-bond acceptors (Lipinski definition) is 6. The van der Waals surface area contributed by atoms with Crippen LogP contribution in [0.1, 0.15) is 5.56 Å². The molecule has 1 fully saturated rings. The molecule has 1 aliphatic rings. The van der Waals surface area contributed by atoms with E-state index in [0.717, 1.165) is 16.7 Å². The van der Waals surface area contributed by atoms with E-state index in [2.05, 4.69) is 10.3 Å². The fourth-order valence-electron chi connectivity index (χ4n) is 3.13. The molecule has 4 rings (SSSR count). The summed E-state index contributed by atoms with van der Waals surface area (Å²) in [6.07, 6.45) is 3.13. The highest BCUT2D eigenvalue weighted by atomic mass is 35.5. The van der Waals surface area contributed by atoms with Crippen LogP contribution in [0, 0.1) is 5.82 Å². The molecule has 1 saturated heterocycles. The number of thioether (sulfide) groups is 1. The number of rotatable bonds is 7. The monoisotopic (exact) mass is 485 g/mol. The van der Waals surface area contributed by atoms with Gasteiger partial charge < -0.3 is 10.1 Å². The van der Waals surface area contributed by atoms with Gasteiger partial charge in [0.15, 0.2) is 6.61 Å². The summed E-state index contributed by atoms with van der Waals surface area (Å²) in [6, 6.07) is 12.4. The zero-order valence-corrected chi connectivity index (χ0v) is 18.7. The maximum atomic E-state index is 13.0. The van der Waals surface area contributed by atoms with Gasteiger partial charge in [0, 0.05) is 24.7 Å². The maximum Gasteiger partial charge on any atom is 0.293 e. The van der Waals surface area contributed by atoms with Crippen molar-refractivity contribution in [2.24, 2.45) is 0 Å². The highest BCUT2D eigenvalue weighted by Crippen LogP contribution is 2.32. The molecule has 0 atom stereocenters. The summed E-state index contributed by atoms with van der Waals surface area (Å²) in [4.78, 5) is 42.4. The standard InChI is InChI=1S/C23H17ClFN3O4S/c24-17-7-8-18(21-16(17)2-1-9-27-21)32-13-20(29)26-10-11-28-22(30)19(33-23(28)31)12-14-3-5-15(25)6-4-14/h1-9,12H,10-11,13H2,(H,26,29)/b19-12-. The third-order valence-electron chi connectivity index (χ3n) is 4.74. The van der Waals surface area contributed by atoms with E-state index in [1.165, 1.54) is 30.3 Å². The summed E-state index contributed by atoms with van der Waals surface area (Å²) in [7, 11) is 0. The van der Waals surface area contributed by atoms with Crippen molar-refractivity contribution >= 4 is 57.4 Å². The Balaban J connectivity index is 1.29. The van der Waals surface area contributed by atoms with Gasteiger partial charge in [-0.3, -0.25) is 24.3 Å². The molecule has 1 N–H and O–H groups in total. The van der Waals surface area contributed by atoms with Gasteiger partial charge in [0.25, 0.3) is 17.1 Å². The van der Waals surface area contributed by atoms with Gasteiger partial charge in [0.05, 0.1) is 9.93 Å². The van der Waals surface area contributed by atoms with E-state index >= 15 is 0 Å². The molecular weight excluding hydrogens is 469 g/mol. The van der Waals surface area contributed by atoms with Gasteiger partial charge in [-0.25, -0.2) is 4.39 Å². The van der Waals surface area contributed by atoms with Gasteiger partial charge in [-0.1, -0.05) is 23.7 Å². The van der Waals surface area contributed by atoms with Crippen molar-refractivity contribution in [3.05, 3.63) is 76.0 Å². The lowest BCUT2D eigenvalue weighted by molar-refractivity contribution is -0.125. The predicted octanol–water partition coefficient (Wildman–Crippen LogP) is 4.26. The first-order chi connectivity index (χ1) is 15.9. The third kappa shape index (κ3) is 5.32. The van der Waals surface area contributed by atoms with Crippen LogP contribution < -0.4 is 10.1 Å². The Hall–Kier alpha value is -3.43. The minimum Gasteiger partial charge on any atom is -0.481 e. The summed E-state index contributed by atoms with van der Waals surface area (Å²) < 4.78 is 18.6. The van der Waals surface area contributed by atoms with Crippen LogP contribution in [-0.4, -0.2) is 46.6 Å². The van der Waals surface area contributed by atoms with Gasteiger partial charge in [-0.2, -0.15) is 0 Å². The fraction of sp³-hybridized carbons (Fsp3) is 0.130. The quantitative estimate of drug-likeness (QED) is 0.503. The second kappa shape index (κ2) is 10.0. The molecule has 3 amide bonds. The van der Waals surface area contributed by atoms with Gasteiger partial charge in [0.2, 0.25) is 0 Å². The highest BCUT2D eigenvalue weighted by Gasteiger charge is 2.34. The zero-order valence-electron chi connectivity index (χ0n) is 17.1. The summed E-state index contributed by atoms with van der Waals surface area (Å²) in [5.74, 6) is -0.844. The molecule has 7 nitrogen and oxygen atoms in total. The van der Waals surface area contributed by atoms with Crippen LogP contribution >= 0.6 is 23.4 Å². The number of carbonyl (C=O) groups excluding carboxylic acids is 3. The summed E-state index contributed by atoms with van der Waals surface area (Å²) in [5, 5.41) is 3.43. The Labute approximate surface area is 197 Å². The van der Waals surface area contributed by atoms with Gasteiger partial charge in [-0.15, -0.1) is 0 Å². The Morgan fingerprint density at radius 1 is 1.18 bits per heavy atom. The van der Waals surface area contributed by atoms with Crippen molar-refractivity contribution in [1.82, 2.24) is 15.2 Å². The molecule has 2 aromatic carbocycles. The Morgan fingerprint density at radius 2 is 1.97 bits per heavy atom. The molecule has 1 aliphatic heterocycles. The van der Waals surface area contributed by atoms with Crippen molar-refractivity contribution in [3.8, 4) is 5.75 Å². The number of imide groups is 1. The number of benzene rings is 2. The minimum atomic E-state index is -0.460. The van der Waals surface area contributed by atoms with Crippen LogP contribution in [0.25, 0.3) is 17.0 Å². The minimum absolute atomic E-state index is 0.0165. The molecule has 0 spiro atoms. The SMILES string of the molecule is O=C(COc1ccc(Cl)c2cccnc12)NCCN1C(=O)S/C(=C\c2ccc(F)cc2)C1=O. The molecule has 1 aromatic heterocycles. The average molecular weight is 486 g/mol. The molecule has 0 aliphatic carbocycles. The third-order valence-corrected chi connectivity index (χ3v) is 5.97. The Kier molecular flexibility index (Phi) is 6.90. The van der Waals surface area contributed by atoms with Gasteiger partial charge in [0.1, 0.15) is 17.1 Å². The largest absolute Gasteiger partial charge is 0.481 e. The Bertz CT molecular complexity index is 1270. The molecule has 2 heterocycles. The lowest BCUT2D eigenvalue weighted by atomic mass is 10.2. The van der Waals surface area contributed by atoms with E-state index in [4.69, 9.17) is 16.3 Å². The molecule has 33 heavy (non-hydrogen) atoms. The van der Waals surface area contributed by atoms with Crippen LogP contribution in [0.2, 0.25) is 5.02 Å². The van der Waals surface area contributed by atoms with Crippen LogP contribution in [0.15, 0.2) is 59.6 Å². The highest BCUT2D eigenvalue weighted by molar-refractivity contribution is 8.18. The lowest BCUT2D eigenvalue weighted by Crippen LogP contribution is -2.38. The van der Waals surface area contributed by atoms with Crippen LogP contribution in [0.3, 0.4) is 0 Å². The number of halogens is 2. The van der Waals surface area contributed by atoms with E-state index in [0.29, 0.717) is 27.2 Å². The molecule has 0 saturated carbocycles. The first-order valence-electron chi connectivity index (χ1n) is 9.86. The van der Waals surface area contributed by atoms with Crippen molar-refractivity contribution in [2.75, 3.05) is 19.7 Å². The molecule has 3 aromatic rings. The molecule has 0 radical (unpaired) electrons. The maximum absolute atomic E-state index is 13.0. The number of pyridine rings is 1. The molecule has 168 valence electrons.